The molecular weight excluding hydrogens is 183 g/mol. The van der Waals surface area contributed by atoms with E-state index in [4.69, 9.17) is 0 Å². The van der Waals surface area contributed by atoms with Crippen LogP contribution in [-0.4, -0.2) is 0 Å². The Balaban J connectivity index is 0. The molecule has 0 atom stereocenters. The number of hydrogen-bond acceptors (Lipinski definition) is 0. The van der Waals surface area contributed by atoms with Gasteiger partial charge in [-0.3, -0.25) is 0 Å². The molecule has 4 heavy (non-hydrogen) atoms. The fraction of sp³-hybridized carbons (Fsp3) is 0. The first-order chi connectivity index (χ1) is 0. The minimum Gasteiger partial charge on any atom is -1.00 e. The molecule has 0 saturated carbocycles. The molecule has 0 aromatic carbocycles. The van der Waals surface area contributed by atoms with Crippen LogP contribution in [0.4, 0.5) is 0 Å². The summed E-state index contributed by atoms with van der Waals surface area (Å²) in [5, 5.41) is 0. The van der Waals surface area contributed by atoms with Crippen molar-refractivity contribution < 1.29 is 70.0 Å². The van der Waals surface area contributed by atoms with Crippen LogP contribution in [-0.2, 0) is 49.8 Å². The van der Waals surface area contributed by atoms with Gasteiger partial charge >= 0.3 is 18.9 Å². The summed E-state index contributed by atoms with van der Waals surface area (Å²) in [4.78, 5) is 0. The summed E-state index contributed by atoms with van der Waals surface area (Å²) in [5.41, 5.74) is 0. The molecule has 31 valence electrons. The minimum atomic E-state index is 0. The Bertz CT molecular complexity index is 9.61. The zero-order valence-corrected chi connectivity index (χ0v) is 4.98. The maximum absolute atomic E-state index is 0. The van der Waals surface area contributed by atoms with Crippen molar-refractivity contribution in [3.63, 3.8) is 0 Å². The zero-order chi connectivity index (χ0) is 0. The average molecular weight is 184 g/mol. The summed E-state index contributed by atoms with van der Waals surface area (Å²) in [6.45, 7) is 0. The van der Waals surface area contributed by atoms with Gasteiger partial charge in [0.25, 0.3) is 0 Å². The van der Waals surface area contributed by atoms with Crippen molar-refractivity contribution in [2.24, 2.45) is 0 Å². The van der Waals surface area contributed by atoms with Crippen LogP contribution in [0.5, 0.6) is 0 Å². The van der Waals surface area contributed by atoms with Gasteiger partial charge in [-0.15, -0.1) is 0 Å². The van der Waals surface area contributed by atoms with Crippen LogP contribution in [0.15, 0.2) is 0 Å². The van der Waals surface area contributed by atoms with Gasteiger partial charge in [0.05, 0.1) is 0 Å². The van der Waals surface area contributed by atoms with E-state index in [2.05, 4.69) is 0 Å². The van der Waals surface area contributed by atoms with Gasteiger partial charge in [0.1, 0.15) is 0 Å². The van der Waals surface area contributed by atoms with E-state index in [1.807, 2.05) is 0 Å². The van der Waals surface area contributed by atoms with Gasteiger partial charge in [0.15, 0.2) is 0 Å². The van der Waals surface area contributed by atoms with Crippen LogP contribution in [0.3, 0.4) is 0 Å². The summed E-state index contributed by atoms with van der Waals surface area (Å²) < 4.78 is 0. The van der Waals surface area contributed by atoms with Gasteiger partial charge in [-0.25, -0.2) is 0 Å². The molecule has 0 aliphatic carbocycles. The van der Waals surface area contributed by atoms with Gasteiger partial charge in [0.2, 0.25) is 0 Å². The molecule has 0 rings (SSSR count). The first-order valence-corrected chi connectivity index (χ1v) is 0. The molecule has 0 bridgehead atoms. The van der Waals surface area contributed by atoms with E-state index < -0.39 is 0 Å². The van der Waals surface area contributed by atoms with Crippen LogP contribution in [0.25, 0.3) is 0 Å². The molecule has 0 aliphatic heterocycles. The third kappa shape index (κ3) is 8.94. The van der Waals surface area contributed by atoms with Gasteiger partial charge < -0.3 is 1.43 Å². The van der Waals surface area contributed by atoms with Crippen molar-refractivity contribution in [2.75, 3.05) is 0 Å². The van der Waals surface area contributed by atoms with Crippen molar-refractivity contribution >= 4 is 0 Å². The Morgan fingerprint density at radius 1 is 1.00 bits per heavy atom. The first kappa shape index (κ1) is 36.1. The Hall–Kier alpha value is 2.09. The standard InChI is InChI=1S/Co.Li.2Ni.H/q;+1;;;-1. The quantitative estimate of drug-likeness (QED) is 0.355. The summed E-state index contributed by atoms with van der Waals surface area (Å²) in [7, 11) is 0. The second-order valence-electron chi connectivity index (χ2n) is 0. The van der Waals surface area contributed by atoms with Crippen LogP contribution >= 0.6 is 0 Å². The van der Waals surface area contributed by atoms with Crippen molar-refractivity contribution in [3.05, 3.63) is 0 Å². The van der Waals surface area contributed by atoms with Crippen LogP contribution in [0.2, 0.25) is 0 Å². The maximum atomic E-state index is 0. The van der Waals surface area contributed by atoms with E-state index in [0.717, 1.165) is 0 Å². The fourth-order valence-corrected chi connectivity index (χ4v) is 0. The second-order valence-corrected chi connectivity index (χ2v) is 0. The predicted octanol–water partition coefficient (Wildman–Crippen LogP) is -2.89. The normalized spacial score (nSPS) is 0. The molecule has 0 fully saturated rings. The monoisotopic (exact) mass is 183 g/mol. The molecule has 1 radical (unpaired) electrons. The minimum absolute atomic E-state index is 0. The molecule has 0 aromatic rings. The van der Waals surface area contributed by atoms with Gasteiger partial charge in [-0.2, -0.15) is 0 Å². The summed E-state index contributed by atoms with van der Waals surface area (Å²) in [5.74, 6) is 0. The second kappa shape index (κ2) is 19.5. The first-order valence-electron chi connectivity index (χ1n) is 0. The van der Waals surface area contributed by atoms with E-state index >= 15 is 0 Å². The summed E-state index contributed by atoms with van der Waals surface area (Å²) in [6.07, 6.45) is 0. The third-order valence-electron chi connectivity index (χ3n) is 0. The van der Waals surface area contributed by atoms with Crippen LogP contribution < -0.4 is 18.9 Å². The van der Waals surface area contributed by atoms with Gasteiger partial charge in [0, 0.05) is 49.8 Å². The van der Waals surface area contributed by atoms with Crippen molar-refractivity contribution in [3.8, 4) is 0 Å². The molecule has 0 nitrogen and oxygen atoms in total. The van der Waals surface area contributed by atoms with Gasteiger partial charge in [-0.1, -0.05) is 0 Å². The fourth-order valence-electron chi connectivity index (χ4n) is 0. The molecule has 4 heteroatoms. The smallest absolute Gasteiger partial charge is 1.00 e. The SMILES string of the molecule is [Co].[H-].[Li+].[Ni].[Ni]. The molecule has 0 N–H and O–H groups in total. The van der Waals surface area contributed by atoms with E-state index in [1.165, 1.54) is 0 Å². The largest absolute Gasteiger partial charge is 1.00 e. The molecule has 0 amide bonds. The Labute approximate surface area is 69.6 Å². The van der Waals surface area contributed by atoms with Crippen molar-refractivity contribution in [1.82, 2.24) is 0 Å². The third-order valence-corrected chi connectivity index (χ3v) is 0. The summed E-state index contributed by atoms with van der Waals surface area (Å²) in [6, 6.07) is 0. The predicted molar refractivity (Wildman–Crippen MR) is 1.11 cm³/mol. The Kier molecular flexibility index (Phi) is 176. The van der Waals surface area contributed by atoms with Crippen molar-refractivity contribution in [1.29, 1.82) is 0 Å². The van der Waals surface area contributed by atoms with Crippen molar-refractivity contribution in [2.45, 2.75) is 0 Å². The molecule has 0 aromatic heterocycles. The Morgan fingerprint density at radius 3 is 1.00 bits per heavy atom. The molecule has 0 spiro atoms. The van der Waals surface area contributed by atoms with E-state index in [-0.39, 0.29) is 70.0 Å². The topological polar surface area (TPSA) is 0 Å². The number of rotatable bonds is 0. The van der Waals surface area contributed by atoms with Gasteiger partial charge in [-0.05, 0) is 0 Å². The summed E-state index contributed by atoms with van der Waals surface area (Å²) >= 11 is 0. The Morgan fingerprint density at radius 2 is 1.00 bits per heavy atom. The van der Waals surface area contributed by atoms with E-state index in [0.29, 0.717) is 0 Å². The van der Waals surface area contributed by atoms with E-state index in [9.17, 15) is 0 Å². The molecule has 0 aliphatic rings. The maximum Gasteiger partial charge on any atom is 1.00 e. The average Bonchev–Trinajstić information content (AvgIpc) is 0. The van der Waals surface area contributed by atoms with E-state index in [1.54, 1.807) is 0 Å². The van der Waals surface area contributed by atoms with Crippen LogP contribution in [0, 0.1) is 0 Å². The molecule has 0 saturated heterocycles. The molecular formula is HCoLiNi2. The zero-order valence-electron chi connectivity index (χ0n) is 2.97. The van der Waals surface area contributed by atoms with Crippen LogP contribution in [0.1, 0.15) is 1.43 Å². The molecule has 0 unspecified atom stereocenters. The molecule has 0 heterocycles. The number of hydrogen-bond donors (Lipinski definition) is 0.